The number of nitrogens with zero attached hydrogens (tertiary/aromatic N) is 2. The fraction of sp³-hybridized carbons (Fsp3) is 0.150. The molecule has 3 nitrogen and oxygen atoms in total. The molecule has 3 aromatic rings. The van der Waals surface area contributed by atoms with E-state index in [0.29, 0.717) is 5.56 Å². The van der Waals surface area contributed by atoms with Gasteiger partial charge in [0.2, 0.25) is 0 Å². The van der Waals surface area contributed by atoms with Crippen molar-refractivity contribution in [1.29, 1.82) is 0 Å². The van der Waals surface area contributed by atoms with Crippen molar-refractivity contribution in [3.05, 3.63) is 89.7 Å². The molecule has 2 heterocycles. The zero-order chi connectivity index (χ0) is 18.3. The number of halogens is 3. The van der Waals surface area contributed by atoms with E-state index in [1.807, 2.05) is 53.4 Å². The van der Waals surface area contributed by atoms with Gasteiger partial charge in [-0.3, -0.25) is 4.79 Å². The van der Waals surface area contributed by atoms with Gasteiger partial charge in [0.1, 0.15) is 6.04 Å². The zero-order valence-electron chi connectivity index (χ0n) is 13.6. The Morgan fingerprint density at radius 1 is 0.885 bits per heavy atom. The first-order chi connectivity index (χ1) is 12.4. The van der Waals surface area contributed by atoms with Gasteiger partial charge in [-0.25, -0.2) is 0 Å². The van der Waals surface area contributed by atoms with Gasteiger partial charge < -0.3 is 9.47 Å². The van der Waals surface area contributed by atoms with E-state index in [9.17, 15) is 18.0 Å². The molecule has 0 bridgehead atoms. The summed E-state index contributed by atoms with van der Waals surface area (Å²) in [5, 5.41) is 0. The summed E-state index contributed by atoms with van der Waals surface area (Å²) in [7, 11) is 0. The van der Waals surface area contributed by atoms with Crippen LogP contribution >= 0.6 is 0 Å². The molecule has 0 radical (unpaired) electrons. The van der Waals surface area contributed by atoms with Crippen LogP contribution in [0.15, 0.2) is 73.1 Å². The minimum atomic E-state index is -4.37. The molecular formula is C20H15F3N2O. The van der Waals surface area contributed by atoms with Gasteiger partial charge in [-0.1, -0.05) is 30.3 Å². The van der Waals surface area contributed by atoms with Crippen LogP contribution in [0.25, 0.3) is 0 Å². The molecule has 1 aromatic heterocycles. The molecule has 26 heavy (non-hydrogen) atoms. The number of anilines is 1. The van der Waals surface area contributed by atoms with Crippen LogP contribution < -0.4 is 4.90 Å². The van der Waals surface area contributed by atoms with E-state index >= 15 is 0 Å². The summed E-state index contributed by atoms with van der Waals surface area (Å²) in [6.45, 7) is 0.228. The molecule has 2 aromatic carbocycles. The summed E-state index contributed by atoms with van der Waals surface area (Å²) in [5.41, 5.74) is 1.63. The highest BCUT2D eigenvalue weighted by molar-refractivity contribution is 6.04. The highest BCUT2D eigenvalue weighted by Gasteiger charge is 2.38. The molecule has 1 unspecified atom stereocenters. The van der Waals surface area contributed by atoms with Crippen LogP contribution in [-0.4, -0.2) is 10.5 Å². The normalized spacial score (nSPS) is 16.8. The molecule has 0 fully saturated rings. The van der Waals surface area contributed by atoms with Crippen LogP contribution in [0.3, 0.4) is 0 Å². The number of rotatable bonds is 3. The predicted octanol–water partition coefficient (Wildman–Crippen LogP) is 4.64. The van der Waals surface area contributed by atoms with Gasteiger partial charge in [-0.05, 0) is 35.9 Å². The van der Waals surface area contributed by atoms with Crippen molar-refractivity contribution in [2.75, 3.05) is 4.90 Å². The third-order valence-electron chi connectivity index (χ3n) is 4.57. The van der Waals surface area contributed by atoms with Crippen molar-refractivity contribution in [2.24, 2.45) is 0 Å². The Kier molecular flexibility index (Phi) is 3.83. The largest absolute Gasteiger partial charge is 0.416 e. The number of carbonyl (C=O) groups is 1. The molecule has 0 aliphatic carbocycles. The fourth-order valence-electron chi connectivity index (χ4n) is 3.32. The Labute approximate surface area is 148 Å². The van der Waals surface area contributed by atoms with Gasteiger partial charge >= 0.3 is 6.18 Å². The number of para-hydroxylation sites is 1. The zero-order valence-corrected chi connectivity index (χ0v) is 13.6. The van der Waals surface area contributed by atoms with Gasteiger partial charge in [0.05, 0.1) is 12.1 Å². The van der Waals surface area contributed by atoms with E-state index in [2.05, 4.69) is 0 Å². The third kappa shape index (κ3) is 2.77. The maximum absolute atomic E-state index is 13.0. The lowest BCUT2D eigenvalue weighted by atomic mass is 10.1. The average molecular weight is 356 g/mol. The summed E-state index contributed by atoms with van der Waals surface area (Å²) < 4.78 is 40.0. The summed E-state index contributed by atoms with van der Waals surface area (Å²) in [6, 6.07) is 15.7. The van der Waals surface area contributed by atoms with Gasteiger partial charge in [-0.2, -0.15) is 13.2 Å². The number of hydrogen-bond acceptors (Lipinski definition) is 1. The van der Waals surface area contributed by atoms with E-state index in [4.69, 9.17) is 0 Å². The highest BCUT2D eigenvalue weighted by Crippen LogP contribution is 2.39. The van der Waals surface area contributed by atoms with Gasteiger partial charge in [0.15, 0.2) is 0 Å². The number of alkyl halides is 3. The molecule has 1 aliphatic rings. The molecule has 1 aliphatic heterocycles. The number of benzene rings is 2. The van der Waals surface area contributed by atoms with Gasteiger partial charge in [0.25, 0.3) is 5.91 Å². The monoisotopic (exact) mass is 356 g/mol. The second-order valence-electron chi connectivity index (χ2n) is 6.21. The minimum Gasteiger partial charge on any atom is -0.338 e. The molecule has 0 spiro atoms. The van der Waals surface area contributed by atoms with Crippen molar-refractivity contribution in [2.45, 2.75) is 18.8 Å². The predicted molar refractivity (Wildman–Crippen MR) is 91.6 cm³/mol. The van der Waals surface area contributed by atoms with Crippen molar-refractivity contribution >= 4 is 11.6 Å². The topological polar surface area (TPSA) is 25.2 Å². The summed E-state index contributed by atoms with van der Waals surface area (Å²) in [5.74, 6) is -0.0951. The average Bonchev–Trinajstić information content (AvgIpc) is 3.22. The summed E-state index contributed by atoms with van der Waals surface area (Å²) in [6.07, 6.45) is -0.698. The quantitative estimate of drug-likeness (QED) is 0.671. The first-order valence-electron chi connectivity index (χ1n) is 8.14. The van der Waals surface area contributed by atoms with Crippen LogP contribution in [0.1, 0.15) is 22.7 Å². The van der Waals surface area contributed by atoms with Crippen molar-refractivity contribution in [3.8, 4) is 0 Å². The summed E-state index contributed by atoms with van der Waals surface area (Å²) in [4.78, 5) is 14.6. The lowest BCUT2D eigenvalue weighted by Gasteiger charge is -2.19. The smallest absolute Gasteiger partial charge is 0.338 e. The lowest BCUT2D eigenvalue weighted by Crippen LogP contribution is -2.30. The number of hydrogen-bond donors (Lipinski definition) is 0. The molecule has 6 heteroatoms. The molecular weight excluding hydrogens is 341 g/mol. The molecule has 0 saturated carbocycles. The van der Waals surface area contributed by atoms with Crippen molar-refractivity contribution in [3.63, 3.8) is 0 Å². The maximum Gasteiger partial charge on any atom is 0.416 e. The number of aromatic nitrogens is 1. The van der Waals surface area contributed by atoms with Crippen molar-refractivity contribution < 1.29 is 18.0 Å². The van der Waals surface area contributed by atoms with Crippen LogP contribution in [0, 0.1) is 0 Å². The fourth-order valence-corrected chi connectivity index (χ4v) is 3.32. The number of amides is 1. The third-order valence-corrected chi connectivity index (χ3v) is 4.57. The van der Waals surface area contributed by atoms with E-state index in [0.717, 1.165) is 23.4 Å². The molecule has 1 atom stereocenters. The van der Waals surface area contributed by atoms with Gasteiger partial charge in [-0.15, -0.1) is 0 Å². The summed E-state index contributed by atoms with van der Waals surface area (Å²) >= 11 is 0. The molecule has 132 valence electrons. The molecule has 1 amide bonds. The van der Waals surface area contributed by atoms with Crippen molar-refractivity contribution in [1.82, 2.24) is 4.57 Å². The molecule has 0 saturated heterocycles. The Balaban J connectivity index is 1.66. The van der Waals surface area contributed by atoms with E-state index in [-0.39, 0.29) is 12.5 Å². The van der Waals surface area contributed by atoms with Crippen LogP contribution in [0.4, 0.5) is 18.9 Å². The Morgan fingerprint density at radius 2 is 1.54 bits per heavy atom. The number of carbonyl (C=O) groups excluding carboxylic acids is 1. The standard InChI is InChI=1S/C20H15F3N2O/c21-20(22,23)15-9-7-14(8-10-15)13-25-17-6-2-1-5-16(17)18(19(25)26)24-11-3-4-12-24/h1-12,18H,13H2. The molecule has 0 N–H and O–H groups in total. The number of fused-ring (bicyclic) bond motifs is 1. The van der Waals surface area contributed by atoms with Gasteiger partial charge in [0, 0.05) is 23.6 Å². The van der Waals surface area contributed by atoms with E-state index < -0.39 is 17.8 Å². The first kappa shape index (κ1) is 16.4. The minimum absolute atomic E-state index is 0.0951. The Bertz CT molecular complexity index is 930. The highest BCUT2D eigenvalue weighted by atomic mass is 19.4. The van der Waals surface area contributed by atoms with Crippen LogP contribution in [-0.2, 0) is 17.5 Å². The van der Waals surface area contributed by atoms with Crippen LogP contribution in [0.2, 0.25) is 0 Å². The van der Waals surface area contributed by atoms with E-state index in [1.54, 1.807) is 4.90 Å². The second kappa shape index (κ2) is 6.05. The van der Waals surface area contributed by atoms with E-state index in [1.165, 1.54) is 12.1 Å². The molecule has 4 rings (SSSR count). The lowest BCUT2D eigenvalue weighted by molar-refractivity contribution is -0.137. The first-order valence-corrected chi connectivity index (χ1v) is 8.14. The second-order valence-corrected chi connectivity index (χ2v) is 6.21. The maximum atomic E-state index is 13.0. The Hall–Kier alpha value is -3.02. The Morgan fingerprint density at radius 3 is 2.19 bits per heavy atom. The SMILES string of the molecule is O=C1C(n2cccc2)c2ccccc2N1Cc1ccc(C(F)(F)F)cc1. The van der Waals surface area contributed by atoms with Crippen LogP contribution in [0.5, 0.6) is 0 Å².